The second-order valence-corrected chi connectivity index (χ2v) is 3.87. The third-order valence-electron chi connectivity index (χ3n) is 2.48. The van der Waals surface area contributed by atoms with Crippen molar-refractivity contribution in [2.75, 3.05) is 13.7 Å². The predicted octanol–water partition coefficient (Wildman–Crippen LogP) is -0.0688. The van der Waals surface area contributed by atoms with Crippen LogP contribution < -0.4 is 10.1 Å². The van der Waals surface area contributed by atoms with E-state index in [2.05, 4.69) is 5.32 Å². The summed E-state index contributed by atoms with van der Waals surface area (Å²) < 4.78 is 4.96. The number of carbonyl (C=O) groups is 1. The lowest BCUT2D eigenvalue weighted by atomic mass is 10.0. The summed E-state index contributed by atoms with van der Waals surface area (Å²) in [7, 11) is 1.45. The Morgan fingerprint density at radius 3 is 2.67 bits per heavy atom. The number of aliphatic hydroxyl groups excluding tert-OH is 2. The molecule has 100 valence electrons. The van der Waals surface area contributed by atoms with E-state index in [9.17, 15) is 20.1 Å². The van der Waals surface area contributed by atoms with Crippen LogP contribution in [0, 0.1) is 0 Å². The molecule has 1 aromatic carbocycles. The zero-order valence-electron chi connectivity index (χ0n) is 10.3. The molecule has 1 amide bonds. The molecule has 0 saturated heterocycles. The molecular weight excluding hydrogens is 238 g/mol. The van der Waals surface area contributed by atoms with Gasteiger partial charge in [-0.05, 0) is 18.2 Å². The molecule has 6 heteroatoms. The van der Waals surface area contributed by atoms with Crippen LogP contribution in [0.15, 0.2) is 18.2 Å². The first-order valence-corrected chi connectivity index (χ1v) is 5.43. The van der Waals surface area contributed by atoms with Crippen LogP contribution in [0.5, 0.6) is 11.5 Å². The number of phenolic OH excluding ortho intramolecular Hbond substituents is 1. The van der Waals surface area contributed by atoms with Crippen molar-refractivity contribution in [2.24, 2.45) is 0 Å². The SMILES string of the molecule is COc1ccc(O)c(C(O)C(O)CNC(C)=O)c1. The number of methoxy groups -OCH3 is 1. The normalized spacial score (nSPS) is 13.8. The zero-order valence-corrected chi connectivity index (χ0v) is 10.3. The lowest BCUT2D eigenvalue weighted by molar-refractivity contribution is -0.119. The van der Waals surface area contributed by atoms with Gasteiger partial charge in [0.05, 0.1) is 7.11 Å². The summed E-state index contributed by atoms with van der Waals surface area (Å²) in [5, 5.41) is 31.6. The van der Waals surface area contributed by atoms with Crippen molar-refractivity contribution in [3.8, 4) is 11.5 Å². The van der Waals surface area contributed by atoms with E-state index in [1.54, 1.807) is 0 Å². The molecule has 1 aromatic rings. The molecule has 0 aliphatic heterocycles. The lowest BCUT2D eigenvalue weighted by Crippen LogP contribution is -2.34. The Bertz CT molecular complexity index is 421. The Balaban J connectivity index is 2.81. The topological polar surface area (TPSA) is 99.0 Å². The Hall–Kier alpha value is -1.79. The molecule has 2 atom stereocenters. The summed E-state index contributed by atoms with van der Waals surface area (Å²) >= 11 is 0. The summed E-state index contributed by atoms with van der Waals surface area (Å²) in [5.74, 6) is -0.00475. The molecule has 4 N–H and O–H groups in total. The van der Waals surface area contributed by atoms with Crippen LogP contribution in [0.4, 0.5) is 0 Å². The number of hydrogen-bond donors (Lipinski definition) is 4. The standard InChI is InChI=1S/C12H17NO5/c1-7(14)13-6-11(16)12(17)9-5-8(18-2)3-4-10(9)15/h3-5,11-12,15-17H,6H2,1-2H3,(H,13,14). The maximum absolute atomic E-state index is 10.7. The molecule has 6 nitrogen and oxygen atoms in total. The summed E-state index contributed by atoms with van der Waals surface area (Å²) in [4.78, 5) is 10.7. The molecule has 0 bridgehead atoms. The van der Waals surface area contributed by atoms with Crippen LogP contribution in [0.1, 0.15) is 18.6 Å². The summed E-state index contributed by atoms with van der Waals surface area (Å²) in [6.45, 7) is 1.20. The fraction of sp³-hybridized carbons (Fsp3) is 0.417. The fourth-order valence-electron chi connectivity index (χ4n) is 1.46. The van der Waals surface area contributed by atoms with E-state index in [-0.39, 0.29) is 23.8 Å². The minimum Gasteiger partial charge on any atom is -0.508 e. The Labute approximate surface area is 105 Å². The molecule has 0 heterocycles. The first-order valence-electron chi connectivity index (χ1n) is 5.43. The predicted molar refractivity (Wildman–Crippen MR) is 64.3 cm³/mol. The van der Waals surface area contributed by atoms with Gasteiger partial charge in [0, 0.05) is 19.0 Å². The van der Waals surface area contributed by atoms with E-state index in [0.29, 0.717) is 5.75 Å². The summed E-state index contributed by atoms with van der Waals surface area (Å²) in [6.07, 6.45) is -2.53. The average Bonchev–Trinajstić information content (AvgIpc) is 2.35. The van der Waals surface area contributed by atoms with Crippen LogP contribution in [0.2, 0.25) is 0 Å². The molecule has 0 radical (unpaired) electrons. The van der Waals surface area contributed by atoms with Gasteiger partial charge in [0.1, 0.15) is 23.7 Å². The molecule has 2 unspecified atom stereocenters. The molecule has 0 saturated carbocycles. The molecule has 0 fully saturated rings. The highest BCUT2D eigenvalue weighted by Gasteiger charge is 2.22. The molecule has 1 rings (SSSR count). The average molecular weight is 255 g/mol. The fourth-order valence-corrected chi connectivity index (χ4v) is 1.46. The Morgan fingerprint density at radius 1 is 1.44 bits per heavy atom. The third-order valence-corrected chi connectivity index (χ3v) is 2.48. The van der Waals surface area contributed by atoms with Crippen molar-refractivity contribution in [1.29, 1.82) is 0 Å². The molecular formula is C12H17NO5. The van der Waals surface area contributed by atoms with E-state index in [1.165, 1.54) is 32.2 Å². The largest absolute Gasteiger partial charge is 0.508 e. The van der Waals surface area contributed by atoms with Crippen molar-refractivity contribution in [3.05, 3.63) is 23.8 Å². The number of phenols is 1. The first-order chi connectivity index (χ1) is 8.45. The number of nitrogens with one attached hydrogen (secondary N) is 1. The number of amides is 1. The van der Waals surface area contributed by atoms with Crippen LogP contribution in [0.3, 0.4) is 0 Å². The monoisotopic (exact) mass is 255 g/mol. The van der Waals surface area contributed by atoms with E-state index in [1.807, 2.05) is 0 Å². The van der Waals surface area contributed by atoms with Crippen LogP contribution >= 0.6 is 0 Å². The highest BCUT2D eigenvalue weighted by atomic mass is 16.5. The van der Waals surface area contributed by atoms with Crippen LogP contribution in [0.25, 0.3) is 0 Å². The van der Waals surface area contributed by atoms with Crippen LogP contribution in [-0.2, 0) is 4.79 Å². The smallest absolute Gasteiger partial charge is 0.216 e. The number of benzene rings is 1. The molecule has 0 aliphatic rings. The maximum atomic E-state index is 10.7. The van der Waals surface area contributed by atoms with E-state index < -0.39 is 12.2 Å². The highest BCUT2D eigenvalue weighted by molar-refractivity contribution is 5.72. The van der Waals surface area contributed by atoms with E-state index in [0.717, 1.165) is 0 Å². The van der Waals surface area contributed by atoms with Gasteiger partial charge in [-0.3, -0.25) is 4.79 Å². The molecule has 18 heavy (non-hydrogen) atoms. The first kappa shape index (κ1) is 14.3. The van der Waals surface area contributed by atoms with Gasteiger partial charge in [-0.2, -0.15) is 0 Å². The quantitative estimate of drug-likeness (QED) is 0.590. The van der Waals surface area contributed by atoms with Crippen molar-refractivity contribution < 1.29 is 24.9 Å². The number of aromatic hydroxyl groups is 1. The number of hydrogen-bond acceptors (Lipinski definition) is 5. The van der Waals surface area contributed by atoms with E-state index in [4.69, 9.17) is 4.74 Å². The molecule has 0 aliphatic carbocycles. The van der Waals surface area contributed by atoms with Gasteiger partial charge in [-0.25, -0.2) is 0 Å². The lowest BCUT2D eigenvalue weighted by Gasteiger charge is -2.19. The molecule has 0 aromatic heterocycles. The van der Waals surface area contributed by atoms with Crippen molar-refractivity contribution in [1.82, 2.24) is 5.32 Å². The van der Waals surface area contributed by atoms with Gasteiger partial charge in [-0.1, -0.05) is 0 Å². The van der Waals surface area contributed by atoms with Crippen molar-refractivity contribution in [3.63, 3.8) is 0 Å². The van der Waals surface area contributed by atoms with E-state index >= 15 is 0 Å². The summed E-state index contributed by atoms with van der Waals surface area (Å²) in [6, 6.07) is 4.32. The minimum absolute atomic E-state index is 0.104. The minimum atomic E-state index is -1.31. The highest BCUT2D eigenvalue weighted by Crippen LogP contribution is 2.30. The number of ether oxygens (including phenoxy) is 1. The van der Waals surface area contributed by atoms with Gasteiger partial charge < -0.3 is 25.4 Å². The Kier molecular flexibility index (Phi) is 4.94. The maximum Gasteiger partial charge on any atom is 0.216 e. The van der Waals surface area contributed by atoms with Gasteiger partial charge in [-0.15, -0.1) is 0 Å². The van der Waals surface area contributed by atoms with Crippen molar-refractivity contribution >= 4 is 5.91 Å². The zero-order chi connectivity index (χ0) is 13.7. The second kappa shape index (κ2) is 6.23. The van der Waals surface area contributed by atoms with Crippen LogP contribution in [-0.4, -0.2) is 41.0 Å². The second-order valence-electron chi connectivity index (χ2n) is 3.87. The number of aliphatic hydroxyl groups is 2. The van der Waals surface area contributed by atoms with Gasteiger partial charge in [0.2, 0.25) is 5.91 Å². The number of carbonyl (C=O) groups excluding carboxylic acids is 1. The van der Waals surface area contributed by atoms with Gasteiger partial charge >= 0.3 is 0 Å². The number of rotatable bonds is 5. The van der Waals surface area contributed by atoms with Gasteiger partial charge in [0.15, 0.2) is 0 Å². The summed E-state index contributed by atoms with van der Waals surface area (Å²) in [5.41, 5.74) is 0.146. The Morgan fingerprint density at radius 2 is 2.11 bits per heavy atom. The van der Waals surface area contributed by atoms with Crippen molar-refractivity contribution in [2.45, 2.75) is 19.1 Å². The molecule has 0 spiro atoms. The third kappa shape index (κ3) is 3.61. The van der Waals surface area contributed by atoms with Gasteiger partial charge in [0.25, 0.3) is 0 Å².